The number of aromatic nitrogens is 2. The first-order valence-electron chi connectivity index (χ1n) is 14.7. The van der Waals surface area contributed by atoms with Crippen LogP contribution in [0, 0.1) is 11.3 Å². The molecule has 0 aliphatic heterocycles. The zero-order valence-electron chi connectivity index (χ0n) is 26.5. The second-order valence-electron chi connectivity index (χ2n) is 10.1. The molecule has 1 aromatic carbocycles. The monoisotopic (exact) mass is 611 g/mol. The van der Waals surface area contributed by atoms with Gasteiger partial charge in [0.05, 0.1) is 4.88 Å². The van der Waals surface area contributed by atoms with Crippen LogP contribution in [0.3, 0.4) is 0 Å². The third kappa shape index (κ3) is 12.1. The molecule has 0 radical (unpaired) electrons. The molecule has 0 fully saturated rings. The van der Waals surface area contributed by atoms with E-state index < -0.39 is 0 Å². The van der Waals surface area contributed by atoms with Gasteiger partial charge in [0.15, 0.2) is 6.29 Å². The second-order valence-corrected chi connectivity index (χ2v) is 12.0. The number of hydrogen-bond donors (Lipinski definition) is 3. The number of nitrogens with zero attached hydrogens (tertiary/aromatic N) is 2. The van der Waals surface area contributed by atoms with E-state index in [1.807, 2.05) is 71.1 Å². The Morgan fingerprint density at radius 2 is 1.79 bits per heavy atom. The van der Waals surface area contributed by atoms with Gasteiger partial charge in [-0.15, -0.1) is 11.3 Å². The number of aldehydes is 1. The van der Waals surface area contributed by atoms with Gasteiger partial charge in [0, 0.05) is 36.1 Å². The molecule has 0 saturated heterocycles. The lowest BCUT2D eigenvalue weighted by molar-refractivity contribution is 0.103. The van der Waals surface area contributed by atoms with Crippen LogP contribution >= 0.6 is 22.9 Å². The largest absolute Gasteiger partial charge is 0.329 e. The number of carbonyl (C=O) groups is 2. The summed E-state index contributed by atoms with van der Waals surface area (Å²) in [5.74, 6) is 0.613. The summed E-state index contributed by atoms with van der Waals surface area (Å²) >= 11 is 2.69. The molecule has 230 valence electrons. The molecule has 1 aliphatic carbocycles. The summed E-state index contributed by atoms with van der Waals surface area (Å²) in [7, 11) is 1.88. The predicted octanol–water partition coefficient (Wildman–Crippen LogP) is 7.87. The van der Waals surface area contributed by atoms with E-state index in [1.54, 1.807) is 12.3 Å². The van der Waals surface area contributed by atoms with Gasteiger partial charge in [-0.3, -0.25) is 9.59 Å². The smallest absolute Gasteiger partial charge is 0.267 e. The van der Waals surface area contributed by atoms with Crippen LogP contribution in [-0.2, 0) is 12.8 Å². The predicted molar refractivity (Wildman–Crippen MR) is 182 cm³/mol. The Morgan fingerprint density at radius 1 is 1.10 bits per heavy atom. The Labute approximate surface area is 260 Å². The lowest BCUT2D eigenvalue weighted by Gasteiger charge is -2.34. The van der Waals surface area contributed by atoms with Crippen molar-refractivity contribution in [2.45, 2.75) is 67.7 Å². The number of anilines is 1. The zero-order chi connectivity index (χ0) is 31.5. The van der Waals surface area contributed by atoms with Crippen LogP contribution in [0.1, 0.15) is 85.5 Å². The van der Waals surface area contributed by atoms with E-state index in [9.17, 15) is 9.59 Å². The van der Waals surface area contributed by atoms with Gasteiger partial charge in [-0.25, -0.2) is 9.36 Å². The van der Waals surface area contributed by atoms with E-state index in [-0.39, 0.29) is 5.91 Å². The Balaban J connectivity index is 0.000000337. The number of rotatable bonds is 5. The van der Waals surface area contributed by atoms with Crippen molar-refractivity contribution in [1.29, 1.82) is 0 Å². The number of para-hydroxylation sites is 1. The van der Waals surface area contributed by atoms with Gasteiger partial charge in [-0.05, 0) is 85.1 Å². The van der Waals surface area contributed by atoms with Crippen molar-refractivity contribution in [3.8, 4) is 0 Å². The van der Waals surface area contributed by atoms with Crippen LogP contribution in [0.2, 0.25) is 0 Å². The molecule has 0 bridgehead atoms. The standard InChI is InChI=1S/C16H19NOS.C10H8N2OS.C3H10N2.2C2H6/c1-16(2,3)12-4-5-14-10(7-12)6-11-8-13(9-18)19-15(11)17-14;13-10(9-6-7-11-14-9)12-8-4-2-1-3-5-8;1-5-3-2-4;2*1-2/h6,8-9,12H,4-5,7H2,1-3H3;1-7H,(H,12,13);5H,2-4H2,1H3;2*1-2H3. The zero-order valence-corrected chi connectivity index (χ0v) is 28.1. The van der Waals surface area contributed by atoms with Crippen molar-refractivity contribution in [3.05, 3.63) is 75.7 Å². The third-order valence-corrected chi connectivity index (χ3v) is 8.04. The number of benzene rings is 1. The SMILES string of the molecule is CC.CC.CC(C)(C)C1CCc2nc3sc(C=O)cc3cc2C1.CNCCN.O=C(Nc1ccccc1)c1ccns1. The maximum absolute atomic E-state index is 11.5. The fraction of sp³-hybridized carbons (Fsp3) is 0.455. The molecule has 1 unspecified atom stereocenters. The molecule has 0 saturated carbocycles. The highest BCUT2D eigenvalue weighted by Gasteiger charge is 2.29. The summed E-state index contributed by atoms with van der Waals surface area (Å²) in [6, 6.07) is 15.3. The molecule has 4 N–H and O–H groups in total. The van der Waals surface area contributed by atoms with Crippen LogP contribution in [0.4, 0.5) is 5.69 Å². The number of fused-ring (bicyclic) bond motifs is 2. The maximum atomic E-state index is 11.5. The van der Waals surface area contributed by atoms with Crippen LogP contribution in [0.25, 0.3) is 10.2 Å². The van der Waals surface area contributed by atoms with Gasteiger partial charge in [-0.1, -0.05) is 66.7 Å². The van der Waals surface area contributed by atoms with Gasteiger partial charge in [0.2, 0.25) is 0 Å². The molecule has 3 heterocycles. The quantitative estimate of drug-likeness (QED) is 0.198. The molecule has 1 amide bonds. The average molecular weight is 612 g/mol. The molecular formula is C33H49N5O2S2. The Morgan fingerprint density at radius 3 is 2.31 bits per heavy atom. The minimum absolute atomic E-state index is 0.112. The summed E-state index contributed by atoms with van der Waals surface area (Å²) < 4.78 is 3.87. The van der Waals surface area contributed by atoms with Gasteiger partial charge in [0.1, 0.15) is 9.71 Å². The topological polar surface area (TPSA) is 110 Å². The average Bonchev–Trinajstić information content (AvgIpc) is 3.69. The fourth-order valence-corrected chi connectivity index (χ4v) is 5.47. The van der Waals surface area contributed by atoms with Crippen molar-refractivity contribution in [3.63, 3.8) is 0 Å². The molecule has 42 heavy (non-hydrogen) atoms. The lowest BCUT2D eigenvalue weighted by atomic mass is 9.71. The highest BCUT2D eigenvalue weighted by Crippen LogP contribution is 2.38. The summed E-state index contributed by atoms with van der Waals surface area (Å²) in [4.78, 5) is 29.6. The number of nitrogens with two attached hydrogens (primary N) is 1. The molecule has 5 rings (SSSR count). The van der Waals surface area contributed by atoms with Crippen molar-refractivity contribution < 1.29 is 9.59 Å². The first-order valence-corrected chi connectivity index (χ1v) is 16.3. The number of nitrogens with one attached hydrogen (secondary N) is 2. The van der Waals surface area contributed by atoms with E-state index in [1.165, 1.54) is 40.5 Å². The maximum Gasteiger partial charge on any atom is 0.267 e. The summed E-state index contributed by atoms with van der Waals surface area (Å²) in [6.45, 7) is 16.6. The lowest BCUT2D eigenvalue weighted by Crippen LogP contribution is -2.27. The molecular weight excluding hydrogens is 563 g/mol. The van der Waals surface area contributed by atoms with Crippen LogP contribution in [0.5, 0.6) is 0 Å². The van der Waals surface area contributed by atoms with Crippen LogP contribution in [0.15, 0.2) is 54.7 Å². The number of aryl methyl sites for hydroxylation is 1. The summed E-state index contributed by atoms with van der Waals surface area (Å²) in [6.07, 6.45) is 5.95. The van der Waals surface area contributed by atoms with Crippen molar-refractivity contribution >= 4 is 51.0 Å². The molecule has 7 nitrogen and oxygen atoms in total. The Hall–Kier alpha value is -2.98. The van der Waals surface area contributed by atoms with Gasteiger partial charge >= 0.3 is 0 Å². The molecule has 3 aromatic heterocycles. The van der Waals surface area contributed by atoms with Crippen molar-refractivity contribution in [2.24, 2.45) is 17.1 Å². The van der Waals surface area contributed by atoms with Crippen LogP contribution in [-0.4, -0.2) is 41.7 Å². The van der Waals surface area contributed by atoms with Crippen LogP contribution < -0.4 is 16.4 Å². The number of pyridine rings is 1. The Bertz CT molecular complexity index is 1300. The first kappa shape index (κ1) is 37.0. The van der Waals surface area contributed by atoms with Gasteiger partial charge < -0.3 is 16.4 Å². The summed E-state index contributed by atoms with van der Waals surface area (Å²) in [5, 5.41) is 6.79. The minimum atomic E-state index is -0.112. The molecule has 0 spiro atoms. The molecule has 9 heteroatoms. The minimum Gasteiger partial charge on any atom is -0.329 e. The van der Waals surface area contributed by atoms with E-state index in [0.29, 0.717) is 10.3 Å². The highest BCUT2D eigenvalue weighted by atomic mass is 32.1. The van der Waals surface area contributed by atoms with E-state index in [0.717, 1.165) is 58.9 Å². The number of carbonyl (C=O) groups excluding carboxylic acids is 2. The van der Waals surface area contributed by atoms with Gasteiger partial charge in [-0.2, -0.15) is 0 Å². The number of amides is 1. The highest BCUT2D eigenvalue weighted by molar-refractivity contribution is 7.20. The van der Waals surface area contributed by atoms with E-state index in [2.05, 4.69) is 41.8 Å². The fourth-order valence-electron chi connectivity index (χ4n) is 4.13. The number of thiophene rings is 1. The number of hydrogen-bond acceptors (Lipinski definition) is 8. The summed E-state index contributed by atoms with van der Waals surface area (Å²) in [5.41, 5.74) is 8.86. The van der Waals surface area contributed by atoms with E-state index in [4.69, 9.17) is 10.7 Å². The van der Waals surface area contributed by atoms with Crippen molar-refractivity contribution in [2.75, 3.05) is 25.5 Å². The Kier molecular flexibility index (Phi) is 17.7. The second kappa shape index (κ2) is 20.0. The molecule has 1 aliphatic rings. The molecule has 1 atom stereocenters. The molecule has 4 aromatic rings. The van der Waals surface area contributed by atoms with Crippen molar-refractivity contribution in [1.82, 2.24) is 14.7 Å². The van der Waals surface area contributed by atoms with E-state index >= 15 is 0 Å². The normalized spacial score (nSPS) is 13.3. The van der Waals surface area contributed by atoms with Gasteiger partial charge in [0.25, 0.3) is 5.91 Å². The number of likely N-dealkylation sites (N-methyl/N-ethyl adjacent to an activating group) is 1. The first-order chi connectivity index (χ1) is 20.2. The third-order valence-electron chi connectivity index (χ3n) is 6.32.